The molecular formula is C21H23ClN2O4. The van der Waals surface area contributed by atoms with E-state index < -0.39 is 0 Å². The number of carbonyl (C=O) groups excluding carboxylic acids is 2. The van der Waals surface area contributed by atoms with E-state index in [1.54, 1.807) is 42.5 Å². The standard InChI is InChI=1S/C21H23ClN2O4/c1-3-28-20-17(22)13-15(14-18(20)27-2)9-10-19(25)23-11-12-24-21(26)16-7-5-4-6-8-16/h4-10,13-14H,3,11-12H2,1-2H3,(H,23,25)(H,24,26)/b10-9+. The number of hydrogen-bond donors (Lipinski definition) is 2. The monoisotopic (exact) mass is 402 g/mol. The smallest absolute Gasteiger partial charge is 0.251 e. The van der Waals surface area contributed by atoms with Crippen molar-refractivity contribution in [3.63, 3.8) is 0 Å². The van der Waals surface area contributed by atoms with Crippen LogP contribution >= 0.6 is 11.6 Å². The summed E-state index contributed by atoms with van der Waals surface area (Å²) in [5.74, 6) is 0.514. The summed E-state index contributed by atoms with van der Waals surface area (Å²) < 4.78 is 10.7. The Morgan fingerprint density at radius 1 is 1.11 bits per heavy atom. The fraction of sp³-hybridized carbons (Fsp3) is 0.238. The minimum absolute atomic E-state index is 0.179. The van der Waals surface area contributed by atoms with Crippen LogP contribution in [0.3, 0.4) is 0 Å². The number of nitrogens with one attached hydrogen (secondary N) is 2. The summed E-state index contributed by atoms with van der Waals surface area (Å²) in [7, 11) is 1.53. The number of methoxy groups -OCH3 is 1. The van der Waals surface area contributed by atoms with Crippen LogP contribution in [-0.4, -0.2) is 38.6 Å². The van der Waals surface area contributed by atoms with Crippen LogP contribution in [0.15, 0.2) is 48.5 Å². The summed E-state index contributed by atoms with van der Waals surface area (Å²) in [6, 6.07) is 12.3. The van der Waals surface area contributed by atoms with Gasteiger partial charge in [0.25, 0.3) is 5.91 Å². The molecule has 0 saturated heterocycles. The maximum Gasteiger partial charge on any atom is 0.251 e. The van der Waals surface area contributed by atoms with Crippen molar-refractivity contribution in [2.45, 2.75) is 6.92 Å². The highest BCUT2D eigenvalue weighted by Gasteiger charge is 2.10. The molecule has 0 radical (unpaired) electrons. The number of hydrogen-bond acceptors (Lipinski definition) is 4. The van der Waals surface area contributed by atoms with Crippen molar-refractivity contribution >= 4 is 29.5 Å². The second-order valence-electron chi connectivity index (χ2n) is 5.71. The predicted molar refractivity (Wildman–Crippen MR) is 110 cm³/mol. The van der Waals surface area contributed by atoms with E-state index in [1.807, 2.05) is 13.0 Å². The average molecular weight is 403 g/mol. The first-order valence-electron chi connectivity index (χ1n) is 8.84. The first-order chi connectivity index (χ1) is 13.5. The molecule has 0 atom stereocenters. The second kappa shape index (κ2) is 11.0. The van der Waals surface area contributed by atoms with Crippen LogP contribution in [0, 0.1) is 0 Å². The normalized spacial score (nSPS) is 10.5. The zero-order chi connectivity index (χ0) is 20.4. The first-order valence-corrected chi connectivity index (χ1v) is 9.22. The Kier molecular flexibility index (Phi) is 8.37. The van der Waals surface area contributed by atoms with E-state index >= 15 is 0 Å². The van der Waals surface area contributed by atoms with Crippen LogP contribution in [0.4, 0.5) is 0 Å². The summed E-state index contributed by atoms with van der Waals surface area (Å²) in [4.78, 5) is 23.8. The highest BCUT2D eigenvalue weighted by atomic mass is 35.5. The van der Waals surface area contributed by atoms with Gasteiger partial charge in [-0.2, -0.15) is 0 Å². The lowest BCUT2D eigenvalue weighted by atomic mass is 10.2. The molecule has 0 heterocycles. The zero-order valence-corrected chi connectivity index (χ0v) is 16.6. The fourth-order valence-electron chi connectivity index (χ4n) is 2.40. The molecule has 0 aromatic heterocycles. The molecule has 2 rings (SSSR count). The highest BCUT2D eigenvalue weighted by molar-refractivity contribution is 6.32. The number of benzene rings is 2. The van der Waals surface area contributed by atoms with Gasteiger partial charge in [0.1, 0.15) is 0 Å². The van der Waals surface area contributed by atoms with Gasteiger partial charge in [0, 0.05) is 24.7 Å². The Hall–Kier alpha value is -2.99. The van der Waals surface area contributed by atoms with Crippen LogP contribution in [0.5, 0.6) is 11.5 Å². The third-order valence-electron chi connectivity index (χ3n) is 3.71. The molecule has 2 aromatic rings. The molecule has 0 spiro atoms. The molecule has 0 aliphatic carbocycles. The van der Waals surface area contributed by atoms with Gasteiger partial charge in [-0.25, -0.2) is 0 Å². The van der Waals surface area contributed by atoms with Gasteiger partial charge in [-0.1, -0.05) is 29.8 Å². The zero-order valence-electron chi connectivity index (χ0n) is 15.8. The van der Waals surface area contributed by atoms with Crippen LogP contribution in [-0.2, 0) is 4.79 Å². The highest BCUT2D eigenvalue weighted by Crippen LogP contribution is 2.36. The van der Waals surface area contributed by atoms with Gasteiger partial charge in [0.2, 0.25) is 5.91 Å². The van der Waals surface area contributed by atoms with E-state index in [0.717, 1.165) is 0 Å². The summed E-state index contributed by atoms with van der Waals surface area (Å²) >= 11 is 6.21. The number of amides is 2. The molecular weight excluding hydrogens is 380 g/mol. The molecule has 0 saturated carbocycles. The van der Waals surface area contributed by atoms with Crippen molar-refractivity contribution in [3.8, 4) is 11.5 Å². The summed E-state index contributed by atoms with van der Waals surface area (Å²) in [6.07, 6.45) is 3.02. The van der Waals surface area contributed by atoms with E-state index in [9.17, 15) is 9.59 Å². The molecule has 0 unspecified atom stereocenters. The molecule has 148 valence electrons. The summed E-state index contributed by atoms with van der Waals surface area (Å²) in [5.41, 5.74) is 1.29. The van der Waals surface area contributed by atoms with Crippen LogP contribution in [0.1, 0.15) is 22.8 Å². The fourth-order valence-corrected chi connectivity index (χ4v) is 2.68. The minimum Gasteiger partial charge on any atom is -0.493 e. The Bertz CT molecular complexity index is 838. The number of halogens is 1. The molecule has 0 aliphatic rings. The van der Waals surface area contributed by atoms with Crippen LogP contribution in [0.25, 0.3) is 6.08 Å². The summed E-state index contributed by atoms with van der Waals surface area (Å²) in [5, 5.41) is 5.86. The number of carbonyl (C=O) groups is 2. The average Bonchev–Trinajstić information content (AvgIpc) is 2.71. The van der Waals surface area contributed by atoms with Gasteiger partial charge in [-0.3, -0.25) is 9.59 Å². The molecule has 0 aliphatic heterocycles. The Labute approximate surface area is 169 Å². The van der Waals surface area contributed by atoms with Crippen LogP contribution < -0.4 is 20.1 Å². The largest absolute Gasteiger partial charge is 0.493 e. The van der Waals surface area contributed by atoms with Crippen molar-refractivity contribution in [1.29, 1.82) is 0 Å². The van der Waals surface area contributed by atoms with Gasteiger partial charge in [-0.15, -0.1) is 0 Å². The lowest BCUT2D eigenvalue weighted by Crippen LogP contribution is -2.33. The maximum absolute atomic E-state index is 11.9. The quantitative estimate of drug-likeness (QED) is 0.498. The van der Waals surface area contributed by atoms with E-state index in [-0.39, 0.29) is 11.8 Å². The van der Waals surface area contributed by atoms with Gasteiger partial charge >= 0.3 is 0 Å². The lowest BCUT2D eigenvalue weighted by molar-refractivity contribution is -0.116. The Balaban J connectivity index is 1.83. The van der Waals surface area contributed by atoms with Crippen molar-refractivity contribution in [2.24, 2.45) is 0 Å². The molecule has 0 fully saturated rings. The van der Waals surface area contributed by atoms with E-state index in [1.165, 1.54) is 13.2 Å². The molecule has 2 N–H and O–H groups in total. The van der Waals surface area contributed by atoms with Crippen molar-refractivity contribution < 1.29 is 19.1 Å². The SMILES string of the molecule is CCOc1c(Cl)cc(/C=C/C(=O)NCCNC(=O)c2ccccc2)cc1OC. The van der Waals surface area contributed by atoms with Crippen molar-refractivity contribution in [2.75, 3.05) is 26.8 Å². The topological polar surface area (TPSA) is 76.7 Å². The minimum atomic E-state index is -0.280. The van der Waals surface area contributed by atoms with Gasteiger partial charge in [0.05, 0.1) is 18.7 Å². The van der Waals surface area contributed by atoms with E-state index in [0.29, 0.717) is 47.3 Å². The second-order valence-corrected chi connectivity index (χ2v) is 6.12. The predicted octanol–water partition coefficient (Wildman–Crippen LogP) is 3.31. The Morgan fingerprint density at radius 2 is 1.82 bits per heavy atom. The Morgan fingerprint density at radius 3 is 2.50 bits per heavy atom. The lowest BCUT2D eigenvalue weighted by Gasteiger charge is -2.11. The molecule has 6 nitrogen and oxygen atoms in total. The first kappa shape index (κ1) is 21.3. The molecule has 28 heavy (non-hydrogen) atoms. The third-order valence-corrected chi connectivity index (χ3v) is 3.99. The van der Waals surface area contributed by atoms with Gasteiger partial charge in [-0.05, 0) is 42.8 Å². The molecule has 2 amide bonds. The number of ether oxygens (including phenoxy) is 2. The van der Waals surface area contributed by atoms with E-state index in [2.05, 4.69) is 10.6 Å². The molecule has 0 bridgehead atoms. The van der Waals surface area contributed by atoms with Gasteiger partial charge in [0.15, 0.2) is 11.5 Å². The van der Waals surface area contributed by atoms with Crippen LogP contribution in [0.2, 0.25) is 5.02 Å². The van der Waals surface area contributed by atoms with Crippen molar-refractivity contribution in [3.05, 3.63) is 64.7 Å². The van der Waals surface area contributed by atoms with Crippen molar-refractivity contribution in [1.82, 2.24) is 10.6 Å². The van der Waals surface area contributed by atoms with Gasteiger partial charge < -0.3 is 20.1 Å². The number of rotatable bonds is 9. The third kappa shape index (κ3) is 6.32. The summed E-state index contributed by atoms with van der Waals surface area (Å²) in [6.45, 7) is 2.97. The maximum atomic E-state index is 11.9. The molecule has 2 aromatic carbocycles. The van der Waals surface area contributed by atoms with E-state index in [4.69, 9.17) is 21.1 Å². The molecule has 7 heteroatoms.